The van der Waals surface area contributed by atoms with Crippen molar-refractivity contribution in [2.24, 2.45) is 11.7 Å². The van der Waals surface area contributed by atoms with E-state index in [4.69, 9.17) is 5.73 Å². The van der Waals surface area contributed by atoms with Crippen LogP contribution in [0.15, 0.2) is 54.6 Å². The van der Waals surface area contributed by atoms with Crippen molar-refractivity contribution in [3.63, 3.8) is 0 Å². The first-order valence-electron chi connectivity index (χ1n) is 7.65. The van der Waals surface area contributed by atoms with Gasteiger partial charge in [-0.2, -0.15) is 0 Å². The van der Waals surface area contributed by atoms with Crippen molar-refractivity contribution in [3.05, 3.63) is 60.2 Å². The molecule has 2 unspecified atom stereocenters. The first-order valence-corrected chi connectivity index (χ1v) is 7.65. The number of benzene rings is 2. The summed E-state index contributed by atoms with van der Waals surface area (Å²) in [6.07, 6.45) is 4.93. The molecule has 0 amide bonds. The van der Waals surface area contributed by atoms with E-state index >= 15 is 0 Å². The van der Waals surface area contributed by atoms with Crippen molar-refractivity contribution in [2.75, 3.05) is 0 Å². The van der Waals surface area contributed by atoms with E-state index in [0.717, 1.165) is 6.42 Å². The standard InChI is InChI=1S/C19H23N/c1-15-7-5-6-14-19(15,20)18-12-10-17(11-13-18)16-8-3-2-4-9-16/h2-4,8-13,15H,5-7,14,20H2,1H3. The highest BCUT2D eigenvalue weighted by Crippen LogP contribution is 2.39. The Morgan fingerprint density at radius 3 is 2.20 bits per heavy atom. The van der Waals surface area contributed by atoms with Gasteiger partial charge < -0.3 is 5.73 Å². The van der Waals surface area contributed by atoms with E-state index in [2.05, 4.69) is 61.5 Å². The van der Waals surface area contributed by atoms with Crippen LogP contribution in [0.3, 0.4) is 0 Å². The summed E-state index contributed by atoms with van der Waals surface area (Å²) in [6, 6.07) is 19.4. The van der Waals surface area contributed by atoms with Crippen molar-refractivity contribution >= 4 is 0 Å². The predicted molar refractivity (Wildman–Crippen MR) is 85.4 cm³/mol. The average Bonchev–Trinajstić information content (AvgIpc) is 2.51. The smallest absolute Gasteiger partial charge is 0.0435 e. The average molecular weight is 265 g/mol. The molecule has 1 heteroatoms. The van der Waals surface area contributed by atoms with Gasteiger partial charge in [-0.15, -0.1) is 0 Å². The van der Waals surface area contributed by atoms with E-state index in [1.807, 2.05) is 0 Å². The van der Waals surface area contributed by atoms with Crippen LogP contribution in [0.2, 0.25) is 0 Å². The van der Waals surface area contributed by atoms with Gasteiger partial charge in [0.25, 0.3) is 0 Å². The third-order valence-electron chi connectivity index (χ3n) is 4.89. The molecule has 1 aliphatic carbocycles. The fourth-order valence-corrected chi connectivity index (χ4v) is 3.40. The normalized spacial score (nSPS) is 26.4. The molecular formula is C19H23N. The van der Waals surface area contributed by atoms with Crippen LogP contribution >= 0.6 is 0 Å². The van der Waals surface area contributed by atoms with Gasteiger partial charge in [0, 0.05) is 5.54 Å². The van der Waals surface area contributed by atoms with Crippen molar-refractivity contribution in [2.45, 2.75) is 38.1 Å². The number of hydrogen-bond donors (Lipinski definition) is 1. The van der Waals surface area contributed by atoms with Crippen LogP contribution in [0.4, 0.5) is 0 Å². The summed E-state index contributed by atoms with van der Waals surface area (Å²) >= 11 is 0. The van der Waals surface area contributed by atoms with Crippen LogP contribution in [0, 0.1) is 5.92 Å². The molecule has 2 atom stereocenters. The second kappa shape index (κ2) is 5.41. The second-order valence-electron chi connectivity index (χ2n) is 6.13. The minimum Gasteiger partial charge on any atom is -0.321 e. The third-order valence-corrected chi connectivity index (χ3v) is 4.89. The van der Waals surface area contributed by atoms with E-state index in [-0.39, 0.29) is 5.54 Å². The third kappa shape index (κ3) is 2.38. The van der Waals surface area contributed by atoms with Crippen molar-refractivity contribution < 1.29 is 0 Å². The lowest BCUT2D eigenvalue weighted by molar-refractivity contribution is 0.207. The van der Waals surface area contributed by atoms with E-state index in [0.29, 0.717) is 5.92 Å². The molecule has 0 bridgehead atoms. The van der Waals surface area contributed by atoms with Crippen LogP contribution in [-0.2, 0) is 5.54 Å². The molecule has 0 heterocycles. The highest BCUT2D eigenvalue weighted by atomic mass is 14.8. The van der Waals surface area contributed by atoms with E-state index in [9.17, 15) is 0 Å². The zero-order valence-corrected chi connectivity index (χ0v) is 12.2. The Morgan fingerprint density at radius 1 is 0.900 bits per heavy atom. The quantitative estimate of drug-likeness (QED) is 0.835. The molecule has 0 spiro atoms. The molecule has 0 saturated heterocycles. The highest BCUT2D eigenvalue weighted by Gasteiger charge is 2.35. The lowest BCUT2D eigenvalue weighted by Crippen LogP contribution is -2.45. The van der Waals surface area contributed by atoms with Gasteiger partial charge in [-0.25, -0.2) is 0 Å². The number of nitrogens with two attached hydrogens (primary N) is 1. The molecule has 0 aromatic heterocycles. The molecule has 2 N–H and O–H groups in total. The summed E-state index contributed by atoms with van der Waals surface area (Å²) in [7, 11) is 0. The lowest BCUT2D eigenvalue weighted by atomic mass is 9.70. The van der Waals surface area contributed by atoms with Crippen LogP contribution < -0.4 is 5.73 Å². The Labute approximate surface area is 121 Å². The summed E-state index contributed by atoms with van der Waals surface area (Å²) in [4.78, 5) is 0. The molecule has 1 aliphatic rings. The molecule has 1 fully saturated rings. The molecule has 1 saturated carbocycles. The van der Waals surface area contributed by atoms with Crippen molar-refractivity contribution in [1.82, 2.24) is 0 Å². The first-order chi connectivity index (χ1) is 9.70. The Balaban J connectivity index is 1.90. The lowest BCUT2D eigenvalue weighted by Gasteiger charge is -2.40. The Bertz CT molecular complexity index is 558. The molecule has 0 radical (unpaired) electrons. The fraction of sp³-hybridized carbons (Fsp3) is 0.368. The summed E-state index contributed by atoms with van der Waals surface area (Å²) < 4.78 is 0. The Hall–Kier alpha value is -1.60. The summed E-state index contributed by atoms with van der Waals surface area (Å²) in [6.45, 7) is 2.30. The zero-order valence-electron chi connectivity index (χ0n) is 12.2. The summed E-state index contributed by atoms with van der Waals surface area (Å²) in [5, 5.41) is 0. The van der Waals surface area contributed by atoms with E-state index in [1.54, 1.807) is 0 Å². The molecule has 20 heavy (non-hydrogen) atoms. The van der Waals surface area contributed by atoms with Crippen LogP contribution in [0.1, 0.15) is 38.2 Å². The molecule has 3 rings (SSSR count). The van der Waals surface area contributed by atoms with Crippen molar-refractivity contribution in [3.8, 4) is 11.1 Å². The van der Waals surface area contributed by atoms with Gasteiger partial charge >= 0.3 is 0 Å². The number of hydrogen-bond acceptors (Lipinski definition) is 1. The predicted octanol–water partition coefficient (Wildman–Crippen LogP) is 4.72. The molecular weight excluding hydrogens is 242 g/mol. The first kappa shape index (κ1) is 13.4. The topological polar surface area (TPSA) is 26.0 Å². The maximum atomic E-state index is 6.71. The molecule has 0 aliphatic heterocycles. The van der Waals surface area contributed by atoms with E-state index < -0.39 is 0 Å². The summed E-state index contributed by atoms with van der Waals surface area (Å²) in [5.41, 5.74) is 10.4. The van der Waals surface area contributed by atoms with Gasteiger partial charge in [0.05, 0.1) is 0 Å². The van der Waals surface area contributed by atoms with Crippen LogP contribution in [0.5, 0.6) is 0 Å². The zero-order chi connectivity index (χ0) is 14.0. The van der Waals surface area contributed by atoms with Crippen molar-refractivity contribution in [1.29, 1.82) is 0 Å². The highest BCUT2D eigenvalue weighted by molar-refractivity contribution is 5.63. The monoisotopic (exact) mass is 265 g/mol. The minimum atomic E-state index is -0.131. The summed E-state index contributed by atoms with van der Waals surface area (Å²) in [5.74, 6) is 0.568. The fourth-order valence-electron chi connectivity index (χ4n) is 3.40. The second-order valence-corrected chi connectivity index (χ2v) is 6.13. The number of rotatable bonds is 2. The maximum Gasteiger partial charge on any atom is 0.0435 e. The van der Waals surface area contributed by atoms with Gasteiger partial charge in [-0.1, -0.05) is 74.4 Å². The maximum absolute atomic E-state index is 6.71. The Kier molecular flexibility index (Phi) is 3.62. The largest absolute Gasteiger partial charge is 0.321 e. The Morgan fingerprint density at radius 2 is 1.55 bits per heavy atom. The van der Waals surface area contributed by atoms with Gasteiger partial charge in [-0.3, -0.25) is 0 Å². The van der Waals surface area contributed by atoms with Gasteiger partial charge in [0.2, 0.25) is 0 Å². The van der Waals surface area contributed by atoms with E-state index in [1.165, 1.54) is 36.0 Å². The molecule has 2 aromatic carbocycles. The minimum absolute atomic E-state index is 0.131. The molecule has 104 valence electrons. The van der Waals surface area contributed by atoms with Gasteiger partial charge in [0.1, 0.15) is 0 Å². The molecule has 1 nitrogen and oxygen atoms in total. The van der Waals surface area contributed by atoms with Gasteiger partial charge in [0.15, 0.2) is 0 Å². The van der Waals surface area contributed by atoms with Gasteiger partial charge in [-0.05, 0) is 35.4 Å². The molecule has 2 aromatic rings. The van der Waals surface area contributed by atoms with Crippen LogP contribution in [0.25, 0.3) is 11.1 Å². The van der Waals surface area contributed by atoms with Crippen LogP contribution in [-0.4, -0.2) is 0 Å². The SMILES string of the molecule is CC1CCCCC1(N)c1ccc(-c2ccccc2)cc1.